The van der Waals surface area contributed by atoms with Crippen molar-refractivity contribution in [1.82, 2.24) is 14.9 Å². The minimum absolute atomic E-state index is 0.0311. The van der Waals surface area contributed by atoms with Crippen LogP contribution in [-0.4, -0.2) is 27.0 Å². The van der Waals surface area contributed by atoms with Crippen molar-refractivity contribution in [1.29, 1.82) is 0 Å². The van der Waals surface area contributed by atoms with E-state index in [0.29, 0.717) is 18.1 Å². The van der Waals surface area contributed by atoms with Crippen molar-refractivity contribution in [2.24, 2.45) is 11.1 Å². The molecule has 1 saturated carbocycles. The minimum atomic E-state index is -0.579. The van der Waals surface area contributed by atoms with Gasteiger partial charge in [0.15, 0.2) is 0 Å². The SMILES string of the molecule is NC(=S)C1(C(=O)NCCn2ccnc2)CCC1. The van der Waals surface area contributed by atoms with Gasteiger partial charge in [0.25, 0.3) is 0 Å². The van der Waals surface area contributed by atoms with Gasteiger partial charge in [0, 0.05) is 25.5 Å². The van der Waals surface area contributed by atoms with Crippen LogP contribution in [0.3, 0.4) is 0 Å². The van der Waals surface area contributed by atoms with Crippen LogP contribution in [0.5, 0.6) is 0 Å². The summed E-state index contributed by atoms with van der Waals surface area (Å²) >= 11 is 4.99. The average molecular weight is 252 g/mol. The van der Waals surface area contributed by atoms with Crippen LogP contribution >= 0.6 is 12.2 Å². The molecule has 1 heterocycles. The molecule has 0 saturated heterocycles. The largest absolute Gasteiger partial charge is 0.392 e. The number of rotatable bonds is 5. The fourth-order valence-electron chi connectivity index (χ4n) is 2.00. The van der Waals surface area contributed by atoms with Gasteiger partial charge in [0.1, 0.15) is 0 Å². The van der Waals surface area contributed by atoms with E-state index < -0.39 is 5.41 Å². The van der Waals surface area contributed by atoms with Crippen LogP contribution in [-0.2, 0) is 11.3 Å². The highest BCUT2D eigenvalue weighted by Gasteiger charge is 2.46. The lowest BCUT2D eigenvalue weighted by atomic mass is 9.68. The highest BCUT2D eigenvalue weighted by molar-refractivity contribution is 7.80. The highest BCUT2D eigenvalue weighted by atomic mass is 32.1. The molecule has 1 aromatic heterocycles. The Balaban J connectivity index is 1.83. The second kappa shape index (κ2) is 4.83. The van der Waals surface area contributed by atoms with Crippen molar-refractivity contribution >= 4 is 23.1 Å². The van der Waals surface area contributed by atoms with Gasteiger partial charge in [0.05, 0.1) is 16.7 Å². The second-order valence-corrected chi connectivity index (χ2v) is 4.80. The van der Waals surface area contributed by atoms with Gasteiger partial charge in [0.2, 0.25) is 5.91 Å². The van der Waals surface area contributed by atoms with Gasteiger partial charge < -0.3 is 15.6 Å². The summed E-state index contributed by atoms with van der Waals surface area (Å²) < 4.78 is 1.91. The van der Waals surface area contributed by atoms with E-state index >= 15 is 0 Å². The molecule has 3 N–H and O–H groups in total. The number of carbonyl (C=O) groups excluding carboxylic acids is 1. The fourth-order valence-corrected chi connectivity index (χ4v) is 2.30. The Kier molecular flexibility index (Phi) is 3.42. The van der Waals surface area contributed by atoms with E-state index in [0.717, 1.165) is 19.3 Å². The molecule has 5 nitrogen and oxygen atoms in total. The van der Waals surface area contributed by atoms with Crippen LogP contribution in [0.1, 0.15) is 19.3 Å². The van der Waals surface area contributed by atoms with Gasteiger partial charge in [-0.15, -0.1) is 0 Å². The van der Waals surface area contributed by atoms with E-state index in [1.165, 1.54) is 0 Å². The molecule has 2 rings (SSSR count). The van der Waals surface area contributed by atoms with E-state index in [4.69, 9.17) is 18.0 Å². The third kappa shape index (κ3) is 2.31. The number of carbonyl (C=O) groups is 1. The van der Waals surface area contributed by atoms with Gasteiger partial charge in [-0.1, -0.05) is 18.6 Å². The smallest absolute Gasteiger partial charge is 0.233 e. The van der Waals surface area contributed by atoms with E-state index in [-0.39, 0.29) is 5.91 Å². The molecule has 1 aromatic rings. The number of hydrogen-bond donors (Lipinski definition) is 2. The summed E-state index contributed by atoms with van der Waals surface area (Å²) in [5.41, 5.74) is 5.08. The molecule has 17 heavy (non-hydrogen) atoms. The summed E-state index contributed by atoms with van der Waals surface area (Å²) in [6, 6.07) is 0. The van der Waals surface area contributed by atoms with Crippen molar-refractivity contribution < 1.29 is 4.79 Å². The third-order valence-electron chi connectivity index (χ3n) is 3.33. The molecule has 0 bridgehead atoms. The van der Waals surface area contributed by atoms with E-state index in [1.807, 2.05) is 10.8 Å². The maximum absolute atomic E-state index is 12.0. The molecule has 1 fully saturated rings. The maximum atomic E-state index is 12.0. The summed E-state index contributed by atoms with van der Waals surface area (Å²) in [5.74, 6) is -0.0311. The van der Waals surface area contributed by atoms with Crippen molar-refractivity contribution in [3.63, 3.8) is 0 Å². The Bertz CT molecular complexity index is 411. The fraction of sp³-hybridized carbons (Fsp3) is 0.545. The number of hydrogen-bond acceptors (Lipinski definition) is 3. The predicted octanol–water partition coefficient (Wildman–Crippen LogP) is 0.456. The molecular weight excluding hydrogens is 236 g/mol. The lowest BCUT2D eigenvalue weighted by Gasteiger charge is -2.39. The van der Waals surface area contributed by atoms with Gasteiger partial charge in [-0.25, -0.2) is 4.98 Å². The van der Waals surface area contributed by atoms with Crippen molar-refractivity contribution in [3.05, 3.63) is 18.7 Å². The number of nitrogens with zero attached hydrogens (tertiary/aromatic N) is 2. The molecule has 0 atom stereocenters. The number of amides is 1. The maximum Gasteiger partial charge on any atom is 0.233 e. The third-order valence-corrected chi connectivity index (χ3v) is 3.72. The Morgan fingerprint density at radius 3 is 2.82 bits per heavy atom. The molecule has 0 aliphatic heterocycles. The van der Waals surface area contributed by atoms with Gasteiger partial charge in [-0.2, -0.15) is 0 Å². The quantitative estimate of drug-likeness (QED) is 0.747. The molecular formula is C11H16N4OS. The summed E-state index contributed by atoms with van der Waals surface area (Å²) in [6.07, 6.45) is 7.87. The first-order valence-electron chi connectivity index (χ1n) is 5.69. The lowest BCUT2D eigenvalue weighted by molar-refractivity contribution is -0.130. The summed E-state index contributed by atoms with van der Waals surface area (Å²) in [7, 11) is 0. The first-order valence-corrected chi connectivity index (χ1v) is 6.10. The zero-order chi connectivity index (χ0) is 12.3. The lowest BCUT2D eigenvalue weighted by Crippen LogP contribution is -2.53. The van der Waals surface area contributed by atoms with Crippen molar-refractivity contribution in [2.75, 3.05) is 6.54 Å². The average Bonchev–Trinajstić information content (AvgIpc) is 2.67. The zero-order valence-electron chi connectivity index (χ0n) is 9.56. The first-order chi connectivity index (χ1) is 8.15. The van der Waals surface area contributed by atoms with Crippen LogP contribution < -0.4 is 11.1 Å². The molecule has 1 aliphatic carbocycles. The number of nitrogens with one attached hydrogen (secondary N) is 1. The minimum Gasteiger partial charge on any atom is -0.392 e. The van der Waals surface area contributed by atoms with Crippen molar-refractivity contribution in [3.8, 4) is 0 Å². The molecule has 1 amide bonds. The monoisotopic (exact) mass is 252 g/mol. The van der Waals surface area contributed by atoms with Crippen LogP contribution in [0.4, 0.5) is 0 Å². The van der Waals surface area contributed by atoms with E-state index in [1.54, 1.807) is 12.5 Å². The molecule has 92 valence electrons. The number of nitrogens with two attached hydrogens (primary N) is 1. The second-order valence-electron chi connectivity index (χ2n) is 4.36. The van der Waals surface area contributed by atoms with E-state index in [2.05, 4.69) is 10.3 Å². The zero-order valence-corrected chi connectivity index (χ0v) is 10.4. The molecule has 0 radical (unpaired) electrons. The summed E-state index contributed by atoms with van der Waals surface area (Å²) in [5, 5.41) is 2.89. The topological polar surface area (TPSA) is 72.9 Å². The Morgan fingerprint density at radius 1 is 1.59 bits per heavy atom. The standard InChI is InChI=1S/C11H16N4OS/c12-9(17)11(2-1-3-11)10(16)14-5-7-15-6-4-13-8-15/h4,6,8H,1-3,5,7H2,(H2,12,17)(H,14,16). The van der Waals surface area contributed by atoms with Crippen LogP contribution in [0.2, 0.25) is 0 Å². The van der Waals surface area contributed by atoms with Crippen LogP contribution in [0.25, 0.3) is 0 Å². The molecule has 1 aliphatic rings. The van der Waals surface area contributed by atoms with Crippen molar-refractivity contribution in [2.45, 2.75) is 25.8 Å². The number of thiocarbonyl (C=S) groups is 1. The molecule has 0 spiro atoms. The normalized spacial score (nSPS) is 17.2. The number of aromatic nitrogens is 2. The summed E-state index contributed by atoms with van der Waals surface area (Å²) in [6.45, 7) is 1.28. The van der Waals surface area contributed by atoms with Crippen LogP contribution in [0, 0.1) is 5.41 Å². The molecule has 6 heteroatoms. The van der Waals surface area contributed by atoms with Crippen LogP contribution in [0.15, 0.2) is 18.7 Å². The Labute approximate surface area is 105 Å². The van der Waals surface area contributed by atoms with Gasteiger partial charge >= 0.3 is 0 Å². The van der Waals surface area contributed by atoms with Gasteiger partial charge in [-0.3, -0.25) is 4.79 Å². The Morgan fingerprint density at radius 2 is 2.35 bits per heavy atom. The molecule has 0 unspecified atom stereocenters. The van der Waals surface area contributed by atoms with E-state index in [9.17, 15) is 4.79 Å². The summed E-state index contributed by atoms with van der Waals surface area (Å²) in [4.78, 5) is 16.3. The predicted molar refractivity (Wildman–Crippen MR) is 68.3 cm³/mol. The molecule has 0 aromatic carbocycles. The highest BCUT2D eigenvalue weighted by Crippen LogP contribution is 2.41. The first kappa shape index (κ1) is 12.0. The number of imidazole rings is 1. The Hall–Kier alpha value is -1.43. The van der Waals surface area contributed by atoms with Gasteiger partial charge in [-0.05, 0) is 12.8 Å².